The van der Waals surface area contributed by atoms with Gasteiger partial charge in [-0.25, -0.2) is 0 Å². The third-order valence-electron chi connectivity index (χ3n) is 2.91. The molecule has 88 valence electrons. The molecule has 2 heterocycles. The van der Waals surface area contributed by atoms with Crippen LogP contribution in [0.1, 0.15) is 0 Å². The lowest BCUT2D eigenvalue weighted by atomic mass is 10.1. The Balaban J connectivity index is 2.36. The maximum Gasteiger partial charge on any atom is 0.336 e. The van der Waals surface area contributed by atoms with E-state index in [1.165, 1.54) is 0 Å². The summed E-state index contributed by atoms with van der Waals surface area (Å²) in [5, 5.41) is 11.3. The van der Waals surface area contributed by atoms with E-state index in [4.69, 9.17) is 0 Å². The standard InChI is InChI=1S/C14H10N2O2/c17-16(18)14-13(11-6-2-1-3-7-11)10-12-8-4-5-9-15(12)14/h1-10H. The first-order valence-corrected chi connectivity index (χ1v) is 5.57. The average Bonchev–Trinajstić information content (AvgIpc) is 2.79. The summed E-state index contributed by atoms with van der Waals surface area (Å²) in [6.07, 6.45) is 1.71. The molecule has 0 unspecified atom stereocenters. The zero-order chi connectivity index (χ0) is 12.5. The van der Waals surface area contributed by atoms with E-state index in [1.807, 2.05) is 48.5 Å². The van der Waals surface area contributed by atoms with Crippen LogP contribution in [0.2, 0.25) is 0 Å². The third-order valence-corrected chi connectivity index (χ3v) is 2.91. The average molecular weight is 238 g/mol. The smallest absolute Gasteiger partial charge is 0.336 e. The Morgan fingerprint density at radius 1 is 1.00 bits per heavy atom. The fourth-order valence-electron chi connectivity index (χ4n) is 2.13. The van der Waals surface area contributed by atoms with E-state index in [2.05, 4.69) is 0 Å². The van der Waals surface area contributed by atoms with Crippen molar-refractivity contribution in [3.8, 4) is 11.1 Å². The Hall–Kier alpha value is -2.62. The van der Waals surface area contributed by atoms with Crippen LogP contribution in [0.15, 0.2) is 60.8 Å². The molecule has 0 aliphatic rings. The fraction of sp³-hybridized carbons (Fsp3) is 0. The number of fused-ring (bicyclic) bond motifs is 1. The minimum Gasteiger partial charge on any atom is -0.358 e. The minimum absolute atomic E-state index is 0.108. The monoisotopic (exact) mass is 238 g/mol. The van der Waals surface area contributed by atoms with E-state index < -0.39 is 0 Å². The fourth-order valence-corrected chi connectivity index (χ4v) is 2.13. The highest BCUT2D eigenvalue weighted by atomic mass is 16.6. The molecule has 0 fully saturated rings. The Labute approximate surface area is 103 Å². The molecular weight excluding hydrogens is 228 g/mol. The number of nitro groups is 1. The van der Waals surface area contributed by atoms with Crippen molar-refractivity contribution in [1.82, 2.24) is 4.40 Å². The quantitative estimate of drug-likeness (QED) is 0.506. The molecule has 0 radical (unpaired) electrons. The zero-order valence-electron chi connectivity index (χ0n) is 9.48. The van der Waals surface area contributed by atoms with E-state index in [9.17, 15) is 10.1 Å². The van der Waals surface area contributed by atoms with Crippen molar-refractivity contribution < 1.29 is 4.92 Å². The summed E-state index contributed by atoms with van der Waals surface area (Å²) in [6, 6.07) is 16.8. The van der Waals surface area contributed by atoms with Gasteiger partial charge in [0.2, 0.25) is 0 Å². The van der Waals surface area contributed by atoms with Crippen LogP contribution in [-0.4, -0.2) is 9.32 Å². The van der Waals surface area contributed by atoms with E-state index in [-0.39, 0.29) is 10.7 Å². The first-order chi connectivity index (χ1) is 8.77. The number of hydrogen-bond acceptors (Lipinski definition) is 2. The highest BCUT2D eigenvalue weighted by molar-refractivity contribution is 5.79. The van der Waals surface area contributed by atoms with Crippen molar-refractivity contribution in [3.05, 3.63) is 70.9 Å². The zero-order valence-corrected chi connectivity index (χ0v) is 9.48. The summed E-state index contributed by atoms with van der Waals surface area (Å²) in [5.41, 5.74) is 2.32. The van der Waals surface area contributed by atoms with E-state index in [0.717, 1.165) is 11.1 Å². The maximum absolute atomic E-state index is 11.3. The molecule has 0 amide bonds. The van der Waals surface area contributed by atoms with Gasteiger partial charge in [-0.3, -0.25) is 0 Å². The molecule has 0 saturated heterocycles. The molecule has 2 aromatic heterocycles. The van der Waals surface area contributed by atoms with Gasteiger partial charge in [-0.15, -0.1) is 0 Å². The van der Waals surface area contributed by atoms with E-state index in [0.29, 0.717) is 5.56 Å². The van der Waals surface area contributed by atoms with Crippen molar-refractivity contribution in [3.63, 3.8) is 0 Å². The van der Waals surface area contributed by atoms with Crippen molar-refractivity contribution >= 4 is 11.3 Å². The predicted molar refractivity (Wildman–Crippen MR) is 69.5 cm³/mol. The van der Waals surface area contributed by atoms with Gasteiger partial charge in [-0.2, -0.15) is 4.40 Å². The molecule has 1 aromatic carbocycles. The van der Waals surface area contributed by atoms with Gasteiger partial charge in [0.25, 0.3) is 0 Å². The van der Waals surface area contributed by atoms with E-state index in [1.54, 1.807) is 16.7 Å². The largest absolute Gasteiger partial charge is 0.358 e. The summed E-state index contributed by atoms with van der Waals surface area (Å²) in [4.78, 5) is 10.9. The summed E-state index contributed by atoms with van der Waals surface area (Å²) in [5.74, 6) is 0.108. The van der Waals surface area contributed by atoms with Crippen molar-refractivity contribution in [2.75, 3.05) is 0 Å². The summed E-state index contributed by atoms with van der Waals surface area (Å²) >= 11 is 0. The highest BCUT2D eigenvalue weighted by Gasteiger charge is 2.20. The van der Waals surface area contributed by atoms with Crippen LogP contribution >= 0.6 is 0 Å². The molecule has 4 nitrogen and oxygen atoms in total. The Bertz CT molecular complexity index is 717. The second-order valence-corrected chi connectivity index (χ2v) is 4.00. The first-order valence-electron chi connectivity index (χ1n) is 5.57. The van der Waals surface area contributed by atoms with Crippen LogP contribution in [0.25, 0.3) is 16.6 Å². The summed E-state index contributed by atoms with van der Waals surface area (Å²) < 4.78 is 1.60. The maximum atomic E-state index is 11.3. The van der Waals surface area contributed by atoms with Gasteiger partial charge in [0.15, 0.2) is 0 Å². The van der Waals surface area contributed by atoms with Gasteiger partial charge in [0, 0.05) is 6.07 Å². The second-order valence-electron chi connectivity index (χ2n) is 4.00. The van der Waals surface area contributed by atoms with E-state index >= 15 is 0 Å². The predicted octanol–water partition coefficient (Wildman–Crippen LogP) is 3.51. The van der Waals surface area contributed by atoms with Crippen molar-refractivity contribution in [2.45, 2.75) is 0 Å². The molecule has 0 aliphatic heterocycles. The molecule has 0 spiro atoms. The molecule has 4 heteroatoms. The molecule has 0 saturated carbocycles. The lowest BCUT2D eigenvalue weighted by Crippen LogP contribution is -1.95. The molecule has 3 rings (SSSR count). The Morgan fingerprint density at radius 2 is 1.72 bits per heavy atom. The van der Waals surface area contributed by atoms with Gasteiger partial charge in [-0.1, -0.05) is 36.4 Å². The normalized spacial score (nSPS) is 10.7. The van der Waals surface area contributed by atoms with Gasteiger partial charge in [0.05, 0.1) is 11.8 Å². The molecule has 0 aliphatic carbocycles. The molecular formula is C14H10N2O2. The van der Waals surface area contributed by atoms with Crippen LogP contribution in [0.5, 0.6) is 0 Å². The molecule has 18 heavy (non-hydrogen) atoms. The number of nitrogens with zero attached hydrogens (tertiary/aromatic N) is 2. The molecule has 0 atom stereocenters. The first kappa shape index (κ1) is 10.5. The van der Waals surface area contributed by atoms with Crippen molar-refractivity contribution in [1.29, 1.82) is 0 Å². The topological polar surface area (TPSA) is 47.5 Å². The Morgan fingerprint density at radius 3 is 2.44 bits per heavy atom. The summed E-state index contributed by atoms with van der Waals surface area (Å²) in [7, 11) is 0. The number of rotatable bonds is 2. The Kier molecular flexibility index (Phi) is 2.34. The van der Waals surface area contributed by atoms with Crippen LogP contribution in [0.4, 0.5) is 5.82 Å². The SMILES string of the molecule is O=[N+]([O-])c1c(-c2ccccc2)cc2ccccn12. The van der Waals surface area contributed by atoms with Crippen LogP contribution in [-0.2, 0) is 0 Å². The second kappa shape index (κ2) is 4.00. The number of pyridine rings is 1. The lowest BCUT2D eigenvalue weighted by molar-refractivity contribution is -0.389. The third kappa shape index (κ3) is 1.55. The van der Waals surface area contributed by atoms with Gasteiger partial charge in [0.1, 0.15) is 5.52 Å². The van der Waals surface area contributed by atoms with Gasteiger partial charge in [-0.05, 0) is 22.6 Å². The van der Waals surface area contributed by atoms with Gasteiger partial charge >= 0.3 is 5.82 Å². The number of aromatic nitrogens is 1. The molecule has 0 N–H and O–H groups in total. The number of benzene rings is 1. The van der Waals surface area contributed by atoms with Gasteiger partial charge < -0.3 is 10.1 Å². The summed E-state index contributed by atoms with van der Waals surface area (Å²) in [6.45, 7) is 0. The van der Waals surface area contributed by atoms with Crippen molar-refractivity contribution in [2.24, 2.45) is 0 Å². The van der Waals surface area contributed by atoms with Crippen LogP contribution in [0.3, 0.4) is 0 Å². The molecule has 0 bridgehead atoms. The highest BCUT2D eigenvalue weighted by Crippen LogP contribution is 2.32. The number of hydrogen-bond donors (Lipinski definition) is 0. The van der Waals surface area contributed by atoms with Crippen LogP contribution in [0, 0.1) is 10.1 Å². The lowest BCUT2D eigenvalue weighted by Gasteiger charge is -1.99. The van der Waals surface area contributed by atoms with Crippen LogP contribution < -0.4 is 0 Å². The minimum atomic E-state index is -0.338. The molecule has 3 aromatic rings.